The molecule has 82 valence electrons. The molecule has 0 bridgehead atoms. The average Bonchev–Trinajstić information content (AvgIpc) is 2.08. The lowest BCUT2D eigenvalue weighted by Crippen LogP contribution is -2.24. The molecule has 5 heteroatoms. The molecule has 0 unspecified atom stereocenters. The summed E-state index contributed by atoms with van der Waals surface area (Å²) in [7, 11) is 0. The summed E-state index contributed by atoms with van der Waals surface area (Å²) in [6.07, 6.45) is -5.50. The third-order valence-corrected chi connectivity index (χ3v) is 2.23. The topological polar surface area (TPSA) is 17.1 Å². The van der Waals surface area contributed by atoms with Gasteiger partial charge in [-0.1, -0.05) is 23.7 Å². The van der Waals surface area contributed by atoms with Gasteiger partial charge in [-0.05, 0) is 24.1 Å². The number of carbonyl (C=O) groups is 1. The number of aryl methyl sites for hydroxylation is 1. The Hall–Kier alpha value is -1.03. The molecular formula is C10H8ClF3O. The largest absolute Gasteiger partial charge is 0.450 e. The number of halogens is 4. The summed E-state index contributed by atoms with van der Waals surface area (Å²) >= 11 is 5.70. The number of benzene rings is 1. The molecule has 0 aliphatic heterocycles. The van der Waals surface area contributed by atoms with Crippen LogP contribution in [0.25, 0.3) is 0 Å². The summed E-state index contributed by atoms with van der Waals surface area (Å²) in [6.45, 7) is 1.77. The second kappa shape index (κ2) is 4.23. The van der Waals surface area contributed by atoms with Crippen LogP contribution in [0, 0.1) is 6.92 Å². The van der Waals surface area contributed by atoms with Gasteiger partial charge in [0, 0.05) is 11.4 Å². The van der Waals surface area contributed by atoms with Crippen molar-refractivity contribution < 1.29 is 18.0 Å². The molecule has 1 aromatic rings. The van der Waals surface area contributed by atoms with E-state index in [0.29, 0.717) is 0 Å². The van der Waals surface area contributed by atoms with Crippen LogP contribution in [0.3, 0.4) is 0 Å². The first-order valence-electron chi connectivity index (χ1n) is 4.16. The predicted molar refractivity (Wildman–Crippen MR) is 51.0 cm³/mol. The Morgan fingerprint density at radius 1 is 1.40 bits per heavy atom. The zero-order valence-corrected chi connectivity index (χ0v) is 8.62. The SMILES string of the molecule is Cc1ccc(CC(=O)C(F)(F)F)c(Cl)c1. The zero-order valence-electron chi connectivity index (χ0n) is 7.86. The van der Waals surface area contributed by atoms with Gasteiger partial charge >= 0.3 is 6.18 Å². The molecule has 0 fully saturated rings. The van der Waals surface area contributed by atoms with Crippen LogP contribution in [0.5, 0.6) is 0 Å². The van der Waals surface area contributed by atoms with Crippen molar-refractivity contribution in [2.75, 3.05) is 0 Å². The Morgan fingerprint density at radius 2 is 2.00 bits per heavy atom. The van der Waals surface area contributed by atoms with Gasteiger partial charge < -0.3 is 0 Å². The van der Waals surface area contributed by atoms with Gasteiger partial charge in [-0.25, -0.2) is 0 Å². The highest BCUT2D eigenvalue weighted by molar-refractivity contribution is 6.31. The molecule has 0 heterocycles. The second-order valence-electron chi connectivity index (χ2n) is 3.19. The number of hydrogen-bond donors (Lipinski definition) is 0. The standard InChI is InChI=1S/C10H8ClF3O/c1-6-2-3-7(8(11)4-6)5-9(15)10(12,13)14/h2-4H,5H2,1H3. The third-order valence-electron chi connectivity index (χ3n) is 1.88. The molecule has 0 aliphatic carbocycles. The van der Waals surface area contributed by atoms with Crippen LogP contribution in [0.4, 0.5) is 13.2 Å². The minimum atomic E-state index is -4.80. The first-order chi connectivity index (χ1) is 6.80. The fourth-order valence-electron chi connectivity index (χ4n) is 1.07. The van der Waals surface area contributed by atoms with Crippen LogP contribution < -0.4 is 0 Å². The molecule has 0 saturated heterocycles. The van der Waals surface area contributed by atoms with E-state index in [0.717, 1.165) is 5.56 Å². The number of rotatable bonds is 2. The lowest BCUT2D eigenvalue weighted by molar-refractivity contribution is -0.170. The summed E-state index contributed by atoms with van der Waals surface area (Å²) in [5.74, 6) is -1.78. The minimum Gasteiger partial charge on any atom is -0.289 e. The van der Waals surface area contributed by atoms with E-state index < -0.39 is 18.4 Å². The lowest BCUT2D eigenvalue weighted by atomic mass is 10.1. The van der Waals surface area contributed by atoms with Crippen molar-refractivity contribution in [1.82, 2.24) is 0 Å². The van der Waals surface area contributed by atoms with Gasteiger partial charge in [-0.3, -0.25) is 4.79 Å². The Bertz CT molecular complexity index is 385. The summed E-state index contributed by atoms with van der Waals surface area (Å²) < 4.78 is 35.9. The van der Waals surface area contributed by atoms with Crippen molar-refractivity contribution in [3.05, 3.63) is 34.3 Å². The number of Topliss-reactive ketones (excluding diaryl/α,β-unsaturated/α-hetero) is 1. The molecular weight excluding hydrogens is 229 g/mol. The monoisotopic (exact) mass is 236 g/mol. The molecule has 0 saturated carbocycles. The zero-order chi connectivity index (χ0) is 11.6. The Labute approximate surface area is 89.9 Å². The van der Waals surface area contributed by atoms with Crippen molar-refractivity contribution in [1.29, 1.82) is 0 Å². The fourth-order valence-corrected chi connectivity index (χ4v) is 1.37. The molecule has 1 nitrogen and oxygen atoms in total. The van der Waals surface area contributed by atoms with Crippen molar-refractivity contribution in [3.8, 4) is 0 Å². The van der Waals surface area contributed by atoms with Gasteiger partial charge in [-0.15, -0.1) is 0 Å². The maximum Gasteiger partial charge on any atom is 0.450 e. The van der Waals surface area contributed by atoms with Crippen LogP contribution in [-0.2, 0) is 11.2 Å². The van der Waals surface area contributed by atoms with E-state index in [9.17, 15) is 18.0 Å². The average molecular weight is 237 g/mol. The maximum absolute atomic E-state index is 12.0. The van der Waals surface area contributed by atoms with E-state index in [1.807, 2.05) is 0 Å². The molecule has 1 rings (SSSR count). The molecule has 15 heavy (non-hydrogen) atoms. The van der Waals surface area contributed by atoms with Crippen molar-refractivity contribution in [3.63, 3.8) is 0 Å². The van der Waals surface area contributed by atoms with Crippen LogP contribution >= 0.6 is 11.6 Å². The van der Waals surface area contributed by atoms with E-state index in [1.165, 1.54) is 12.1 Å². The summed E-state index contributed by atoms with van der Waals surface area (Å²) in [4.78, 5) is 10.7. The molecule has 0 aliphatic rings. The van der Waals surface area contributed by atoms with E-state index in [1.54, 1.807) is 13.0 Å². The molecule has 0 N–H and O–H groups in total. The van der Waals surface area contributed by atoms with Crippen LogP contribution in [0.15, 0.2) is 18.2 Å². The number of carbonyl (C=O) groups excluding carboxylic acids is 1. The predicted octanol–water partition coefficient (Wildman–Crippen LogP) is 3.32. The van der Waals surface area contributed by atoms with Crippen LogP contribution in [0.2, 0.25) is 5.02 Å². The summed E-state index contributed by atoms with van der Waals surface area (Å²) in [6, 6.07) is 4.58. The Balaban J connectivity index is 2.87. The summed E-state index contributed by atoms with van der Waals surface area (Å²) in [5.41, 5.74) is 1.03. The Morgan fingerprint density at radius 3 is 2.47 bits per heavy atom. The van der Waals surface area contributed by atoms with Gasteiger partial charge in [0.25, 0.3) is 0 Å². The first-order valence-corrected chi connectivity index (χ1v) is 4.53. The van der Waals surface area contributed by atoms with E-state index in [-0.39, 0.29) is 10.6 Å². The summed E-state index contributed by atoms with van der Waals surface area (Å²) in [5, 5.41) is 0.188. The maximum atomic E-state index is 12.0. The normalized spacial score (nSPS) is 11.5. The van der Waals surface area contributed by atoms with E-state index in [2.05, 4.69) is 0 Å². The number of ketones is 1. The van der Waals surface area contributed by atoms with Gasteiger partial charge in [0.05, 0.1) is 0 Å². The van der Waals surface area contributed by atoms with Crippen molar-refractivity contribution >= 4 is 17.4 Å². The Kier molecular flexibility index (Phi) is 3.39. The van der Waals surface area contributed by atoms with Crippen molar-refractivity contribution in [2.24, 2.45) is 0 Å². The molecule has 0 aromatic heterocycles. The molecule has 0 spiro atoms. The highest BCUT2D eigenvalue weighted by Gasteiger charge is 2.37. The first kappa shape index (κ1) is 12.0. The smallest absolute Gasteiger partial charge is 0.289 e. The van der Waals surface area contributed by atoms with Gasteiger partial charge in [0.1, 0.15) is 0 Å². The molecule has 0 atom stereocenters. The highest BCUT2D eigenvalue weighted by Crippen LogP contribution is 2.23. The van der Waals surface area contributed by atoms with E-state index in [4.69, 9.17) is 11.6 Å². The van der Waals surface area contributed by atoms with Crippen molar-refractivity contribution in [2.45, 2.75) is 19.5 Å². The minimum absolute atomic E-state index is 0.188. The highest BCUT2D eigenvalue weighted by atomic mass is 35.5. The quantitative estimate of drug-likeness (QED) is 0.770. The molecule has 0 amide bonds. The fraction of sp³-hybridized carbons (Fsp3) is 0.300. The number of alkyl halides is 3. The van der Waals surface area contributed by atoms with Gasteiger partial charge in [-0.2, -0.15) is 13.2 Å². The lowest BCUT2D eigenvalue weighted by Gasteiger charge is -2.07. The van der Waals surface area contributed by atoms with E-state index >= 15 is 0 Å². The number of hydrogen-bond acceptors (Lipinski definition) is 1. The molecule has 0 radical (unpaired) electrons. The third kappa shape index (κ3) is 3.23. The van der Waals surface area contributed by atoms with Crippen LogP contribution in [0.1, 0.15) is 11.1 Å². The second-order valence-corrected chi connectivity index (χ2v) is 3.60. The van der Waals surface area contributed by atoms with Gasteiger partial charge in [0.15, 0.2) is 0 Å². The van der Waals surface area contributed by atoms with Gasteiger partial charge in [0.2, 0.25) is 5.78 Å². The molecule has 1 aromatic carbocycles. The van der Waals surface area contributed by atoms with Crippen LogP contribution in [-0.4, -0.2) is 12.0 Å².